The molecule has 0 saturated heterocycles. The van der Waals surface area contributed by atoms with E-state index in [-0.39, 0.29) is 5.38 Å². The molecule has 2 aromatic rings. The van der Waals surface area contributed by atoms with Gasteiger partial charge in [0.25, 0.3) is 0 Å². The van der Waals surface area contributed by atoms with Crippen LogP contribution in [0.25, 0.3) is 0 Å². The van der Waals surface area contributed by atoms with Crippen molar-refractivity contribution in [3.63, 3.8) is 0 Å². The van der Waals surface area contributed by atoms with E-state index in [2.05, 4.69) is 15.9 Å². The van der Waals surface area contributed by atoms with E-state index >= 15 is 0 Å². The van der Waals surface area contributed by atoms with Crippen molar-refractivity contribution in [1.29, 1.82) is 0 Å². The lowest BCUT2D eigenvalue weighted by molar-refractivity contribution is 0.171. The third kappa shape index (κ3) is 2.62. The van der Waals surface area contributed by atoms with E-state index < -0.39 is 0 Å². The Balaban J connectivity index is 2.03. The van der Waals surface area contributed by atoms with Gasteiger partial charge in [0.1, 0.15) is 13.2 Å². The zero-order chi connectivity index (χ0) is 14.1. The maximum absolute atomic E-state index is 6.57. The first-order valence-corrected chi connectivity index (χ1v) is 7.75. The Morgan fingerprint density at radius 3 is 2.35 bits per heavy atom. The lowest BCUT2D eigenvalue weighted by atomic mass is 10.0. The molecule has 0 aromatic heterocycles. The fourth-order valence-corrected chi connectivity index (χ4v) is 3.48. The van der Waals surface area contributed by atoms with Gasteiger partial charge in [-0.2, -0.15) is 0 Å². The smallest absolute Gasteiger partial charge is 0.162 e. The SMILES string of the molecule is Clc1ccccc1C(Cl)c1cc2c(cc1Br)OCCO2. The summed E-state index contributed by atoms with van der Waals surface area (Å²) >= 11 is 16.3. The molecule has 1 aliphatic heterocycles. The molecule has 0 amide bonds. The third-order valence-corrected chi connectivity index (χ3v) is 4.61. The summed E-state index contributed by atoms with van der Waals surface area (Å²) in [4.78, 5) is 0. The van der Waals surface area contributed by atoms with Crippen molar-refractivity contribution in [1.82, 2.24) is 0 Å². The lowest BCUT2D eigenvalue weighted by Crippen LogP contribution is -2.15. The van der Waals surface area contributed by atoms with Crippen molar-refractivity contribution in [2.24, 2.45) is 0 Å². The quantitative estimate of drug-likeness (QED) is 0.673. The predicted molar refractivity (Wildman–Crippen MR) is 84.3 cm³/mol. The van der Waals surface area contributed by atoms with E-state index in [1.807, 2.05) is 36.4 Å². The number of alkyl halides is 1. The Kier molecular flexibility index (Phi) is 4.11. The van der Waals surface area contributed by atoms with Crippen LogP contribution in [0, 0.1) is 0 Å². The minimum Gasteiger partial charge on any atom is -0.486 e. The third-order valence-electron chi connectivity index (χ3n) is 3.11. The average Bonchev–Trinajstić information content (AvgIpc) is 2.46. The summed E-state index contributed by atoms with van der Waals surface area (Å²) in [6.07, 6.45) is 0. The zero-order valence-electron chi connectivity index (χ0n) is 10.4. The van der Waals surface area contributed by atoms with E-state index in [0.29, 0.717) is 24.0 Å². The first-order valence-electron chi connectivity index (χ1n) is 6.14. The van der Waals surface area contributed by atoms with Crippen molar-refractivity contribution < 1.29 is 9.47 Å². The Labute approximate surface area is 135 Å². The van der Waals surface area contributed by atoms with Crippen LogP contribution in [-0.4, -0.2) is 13.2 Å². The molecular formula is C15H11BrCl2O2. The van der Waals surface area contributed by atoms with Crippen LogP contribution in [0.3, 0.4) is 0 Å². The van der Waals surface area contributed by atoms with Crippen LogP contribution in [0.4, 0.5) is 0 Å². The van der Waals surface area contributed by atoms with Gasteiger partial charge in [-0.05, 0) is 29.3 Å². The van der Waals surface area contributed by atoms with E-state index in [4.69, 9.17) is 32.7 Å². The summed E-state index contributed by atoms with van der Waals surface area (Å²) in [6.45, 7) is 1.11. The van der Waals surface area contributed by atoms with Crippen molar-refractivity contribution in [2.75, 3.05) is 13.2 Å². The number of hydrogen-bond acceptors (Lipinski definition) is 2. The maximum atomic E-state index is 6.57. The molecule has 2 aromatic carbocycles. The molecule has 3 rings (SSSR count). The molecular weight excluding hydrogens is 363 g/mol. The van der Waals surface area contributed by atoms with Crippen LogP contribution < -0.4 is 9.47 Å². The van der Waals surface area contributed by atoms with E-state index in [1.54, 1.807) is 0 Å². The van der Waals surface area contributed by atoms with Gasteiger partial charge in [0.15, 0.2) is 11.5 Å². The topological polar surface area (TPSA) is 18.5 Å². The van der Waals surface area contributed by atoms with Crippen LogP contribution in [0.5, 0.6) is 11.5 Å². The second-order valence-electron chi connectivity index (χ2n) is 4.40. The molecule has 0 spiro atoms. The number of ether oxygens (including phenoxy) is 2. The van der Waals surface area contributed by atoms with Gasteiger partial charge in [0.05, 0.1) is 5.38 Å². The van der Waals surface area contributed by atoms with Gasteiger partial charge in [-0.25, -0.2) is 0 Å². The highest BCUT2D eigenvalue weighted by Gasteiger charge is 2.21. The molecule has 0 fully saturated rings. The molecule has 1 aliphatic rings. The fourth-order valence-electron chi connectivity index (χ4n) is 2.12. The Hall–Kier alpha value is -0.900. The van der Waals surface area contributed by atoms with Gasteiger partial charge in [-0.15, -0.1) is 11.6 Å². The molecule has 0 saturated carbocycles. The minimum atomic E-state index is -0.353. The number of fused-ring (bicyclic) bond motifs is 1. The van der Waals surface area contributed by atoms with Crippen molar-refractivity contribution in [3.8, 4) is 11.5 Å². The van der Waals surface area contributed by atoms with E-state index in [9.17, 15) is 0 Å². The molecule has 0 N–H and O–H groups in total. The summed E-state index contributed by atoms with van der Waals surface area (Å²) in [5, 5.41) is 0.295. The zero-order valence-corrected chi connectivity index (χ0v) is 13.5. The van der Waals surface area contributed by atoms with Crippen LogP contribution in [-0.2, 0) is 0 Å². The molecule has 0 bridgehead atoms. The number of halogens is 3. The summed E-state index contributed by atoms with van der Waals surface area (Å²) in [5.74, 6) is 1.45. The van der Waals surface area contributed by atoms with Gasteiger partial charge < -0.3 is 9.47 Å². The molecule has 1 atom stereocenters. The summed E-state index contributed by atoms with van der Waals surface area (Å²) in [5.41, 5.74) is 1.78. The van der Waals surface area contributed by atoms with Crippen molar-refractivity contribution >= 4 is 39.1 Å². The summed E-state index contributed by atoms with van der Waals surface area (Å²) in [6, 6.07) is 11.3. The van der Waals surface area contributed by atoms with Gasteiger partial charge in [-0.3, -0.25) is 0 Å². The van der Waals surface area contributed by atoms with Gasteiger partial charge >= 0.3 is 0 Å². The number of rotatable bonds is 2. The number of hydrogen-bond donors (Lipinski definition) is 0. The first-order chi connectivity index (χ1) is 9.66. The summed E-state index contributed by atoms with van der Waals surface area (Å²) in [7, 11) is 0. The highest BCUT2D eigenvalue weighted by atomic mass is 79.9. The Morgan fingerprint density at radius 1 is 1.00 bits per heavy atom. The van der Waals surface area contributed by atoms with Crippen molar-refractivity contribution in [3.05, 3.63) is 57.0 Å². The van der Waals surface area contributed by atoms with Gasteiger partial charge in [-0.1, -0.05) is 45.7 Å². The predicted octanol–water partition coefficient (Wildman–Crippen LogP) is 5.20. The molecule has 5 heteroatoms. The molecule has 0 aliphatic carbocycles. The van der Waals surface area contributed by atoms with Crippen LogP contribution >= 0.6 is 39.1 Å². The molecule has 0 radical (unpaired) electrons. The van der Waals surface area contributed by atoms with E-state index in [0.717, 1.165) is 21.3 Å². The Bertz CT molecular complexity index is 646. The largest absolute Gasteiger partial charge is 0.486 e. The Morgan fingerprint density at radius 2 is 1.65 bits per heavy atom. The van der Waals surface area contributed by atoms with Crippen LogP contribution in [0.1, 0.15) is 16.5 Å². The summed E-state index contributed by atoms with van der Waals surface area (Å²) < 4.78 is 12.0. The fraction of sp³-hybridized carbons (Fsp3) is 0.200. The first kappa shape index (κ1) is 14.1. The second-order valence-corrected chi connectivity index (χ2v) is 6.10. The van der Waals surface area contributed by atoms with Gasteiger partial charge in [0, 0.05) is 9.50 Å². The second kappa shape index (κ2) is 5.84. The molecule has 2 nitrogen and oxygen atoms in total. The molecule has 20 heavy (non-hydrogen) atoms. The molecule has 1 unspecified atom stereocenters. The van der Waals surface area contributed by atoms with Crippen LogP contribution in [0.15, 0.2) is 40.9 Å². The monoisotopic (exact) mass is 372 g/mol. The van der Waals surface area contributed by atoms with Crippen LogP contribution in [0.2, 0.25) is 5.02 Å². The molecule has 104 valence electrons. The maximum Gasteiger partial charge on any atom is 0.162 e. The van der Waals surface area contributed by atoms with E-state index in [1.165, 1.54) is 0 Å². The standard InChI is InChI=1S/C15H11BrCl2O2/c16-11-8-14-13(19-5-6-20-14)7-10(11)15(18)9-3-1-2-4-12(9)17/h1-4,7-8,15H,5-6H2. The average molecular weight is 374 g/mol. The molecule has 1 heterocycles. The lowest BCUT2D eigenvalue weighted by Gasteiger charge is -2.21. The highest BCUT2D eigenvalue weighted by molar-refractivity contribution is 9.10. The van der Waals surface area contributed by atoms with Crippen molar-refractivity contribution in [2.45, 2.75) is 5.38 Å². The highest BCUT2D eigenvalue weighted by Crippen LogP contribution is 2.42. The van der Waals surface area contributed by atoms with Gasteiger partial charge in [0.2, 0.25) is 0 Å². The normalized spacial score (nSPS) is 14.9. The minimum absolute atomic E-state index is 0.353. The number of benzene rings is 2.